The summed E-state index contributed by atoms with van der Waals surface area (Å²) < 4.78 is 10.8. The Morgan fingerprint density at radius 1 is 1.04 bits per heavy atom. The summed E-state index contributed by atoms with van der Waals surface area (Å²) in [7, 11) is 0. The van der Waals surface area contributed by atoms with Gasteiger partial charge in [0.05, 0.1) is 18.8 Å². The smallest absolute Gasteiger partial charge is 0.338 e. The summed E-state index contributed by atoms with van der Waals surface area (Å²) in [6.07, 6.45) is 4.03. The molecule has 0 radical (unpaired) electrons. The van der Waals surface area contributed by atoms with E-state index in [9.17, 15) is 9.90 Å². The van der Waals surface area contributed by atoms with Crippen molar-refractivity contribution in [1.82, 2.24) is 0 Å². The first-order chi connectivity index (χ1) is 13.4. The number of benzene rings is 2. The molecule has 4 nitrogen and oxygen atoms in total. The van der Waals surface area contributed by atoms with Gasteiger partial charge < -0.3 is 14.6 Å². The minimum atomic E-state index is -1.11. The van der Waals surface area contributed by atoms with E-state index in [-0.39, 0.29) is 11.4 Å². The fourth-order valence-electron chi connectivity index (χ4n) is 3.60. The average Bonchev–Trinajstić information content (AvgIpc) is 3.47. The Balaban J connectivity index is 1.88. The van der Waals surface area contributed by atoms with Gasteiger partial charge in [0.15, 0.2) is 0 Å². The lowest BCUT2D eigenvalue weighted by atomic mass is 9.74. The highest BCUT2D eigenvalue weighted by atomic mass is 16.5. The Hall–Kier alpha value is -2.33. The fourth-order valence-corrected chi connectivity index (χ4v) is 3.60. The van der Waals surface area contributed by atoms with Crippen LogP contribution in [0.2, 0.25) is 0 Å². The number of hydrogen-bond acceptors (Lipinski definition) is 4. The van der Waals surface area contributed by atoms with Crippen molar-refractivity contribution >= 4 is 5.97 Å². The zero-order valence-corrected chi connectivity index (χ0v) is 17.0. The molecule has 150 valence electrons. The lowest BCUT2D eigenvalue weighted by Crippen LogP contribution is -2.36. The molecule has 0 amide bonds. The van der Waals surface area contributed by atoms with E-state index in [4.69, 9.17) is 9.47 Å². The van der Waals surface area contributed by atoms with Crippen molar-refractivity contribution < 1.29 is 19.4 Å². The molecule has 0 saturated heterocycles. The summed E-state index contributed by atoms with van der Waals surface area (Å²) in [6.45, 7) is 7.07. The van der Waals surface area contributed by atoms with Crippen LogP contribution in [-0.4, -0.2) is 24.3 Å². The van der Waals surface area contributed by atoms with Gasteiger partial charge in [-0.2, -0.15) is 0 Å². The number of aliphatic hydroxyl groups is 1. The Morgan fingerprint density at radius 2 is 1.61 bits per heavy atom. The summed E-state index contributed by atoms with van der Waals surface area (Å²) in [4.78, 5) is 11.9. The summed E-state index contributed by atoms with van der Waals surface area (Å²) >= 11 is 0. The number of esters is 1. The Bertz CT molecular complexity index is 790. The molecular formula is C24H30O4. The molecule has 1 N–H and O–H groups in total. The van der Waals surface area contributed by atoms with Crippen LogP contribution in [0.3, 0.4) is 0 Å². The molecular weight excluding hydrogens is 352 g/mol. The van der Waals surface area contributed by atoms with Crippen LogP contribution in [0.1, 0.15) is 67.9 Å². The zero-order chi connectivity index (χ0) is 20.2. The Morgan fingerprint density at radius 3 is 2.11 bits per heavy atom. The molecule has 0 bridgehead atoms. The van der Waals surface area contributed by atoms with E-state index in [1.165, 1.54) is 0 Å². The molecule has 1 atom stereocenters. The van der Waals surface area contributed by atoms with Gasteiger partial charge in [0.25, 0.3) is 0 Å². The average molecular weight is 383 g/mol. The van der Waals surface area contributed by atoms with Crippen molar-refractivity contribution in [3.8, 4) is 5.75 Å². The third-order valence-corrected chi connectivity index (χ3v) is 5.73. The zero-order valence-electron chi connectivity index (χ0n) is 17.0. The lowest BCUT2D eigenvalue weighted by Gasteiger charge is -2.36. The van der Waals surface area contributed by atoms with Gasteiger partial charge in [0.2, 0.25) is 0 Å². The molecule has 1 fully saturated rings. The molecule has 1 saturated carbocycles. The summed E-state index contributed by atoms with van der Waals surface area (Å²) in [5, 5.41) is 11.8. The maximum Gasteiger partial charge on any atom is 0.338 e. The van der Waals surface area contributed by atoms with E-state index < -0.39 is 5.60 Å². The van der Waals surface area contributed by atoms with Gasteiger partial charge in [0, 0.05) is 5.41 Å². The van der Waals surface area contributed by atoms with E-state index in [2.05, 4.69) is 13.8 Å². The minimum Gasteiger partial charge on any atom is -0.494 e. The van der Waals surface area contributed by atoms with Crippen LogP contribution in [0.15, 0.2) is 48.5 Å². The molecule has 1 unspecified atom stereocenters. The number of rotatable bonds is 9. The second-order valence-corrected chi connectivity index (χ2v) is 7.80. The largest absolute Gasteiger partial charge is 0.494 e. The number of unbranched alkanes of at least 4 members (excludes halogenated alkanes) is 1. The van der Waals surface area contributed by atoms with E-state index in [0.29, 0.717) is 18.8 Å². The van der Waals surface area contributed by atoms with Gasteiger partial charge in [-0.15, -0.1) is 0 Å². The van der Waals surface area contributed by atoms with Crippen molar-refractivity contribution in [3.05, 3.63) is 65.2 Å². The minimum absolute atomic E-state index is 0.219. The molecule has 1 aliphatic carbocycles. The standard InChI is InChI=1S/C24H30O4/c1-4-6-17-28-21-13-11-20(12-14-21)24(26,23(3)15-16-23)19-9-7-18(8-10-19)22(25)27-5-2/h7-14,26H,4-6,15-17H2,1-3H3. The highest BCUT2D eigenvalue weighted by Crippen LogP contribution is 2.60. The van der Waals surface area contributed by atoms with Gasteiger partial charge in [-0.25, -0.2) is 4.79 Å². The van der Waals surface area contributed by atoms with Crippen molar-refractivity contribution in [3.63, 3.8) is 0 Å². The quantitative estimate of drug-likeness (QED) is 0.485. The van der Waals surface area contributed by atoms with Crippen molar-refractivity contribution in [2.45, 2.75) is 52.1 Å². The molecule has 0 heterocycles. The van der Waals surface area contributed by atoms with Crippen molar-refractivity contribution in [1.29, 1.82) is 0 Å². The van der Waals surface area contributed by atoms with Gasteiger partial charge >= 0.3 is 5.97 Å². The van der Waals surface area contributed by atoms with Crippen molar-refractivity contribution in [2.24, 2.45) is 5.41 Å². The van der Waals surface area contributed by atoms with E-state index in [1.54, 1.807) is 19.1 Å². The first-order valence-electron chi connectivity index (χ1n) is 10.2. The van der Waals surface area contributed by atoms with Gasteiger partial charge in [-0.3, -0.25) is 0 Å². The maximum atomic E-state index is 11.9. The highest BCUT2D eigenvalue weighted by molar-refractivity contribution is 5.89. The lowest BCUT2D eigenvalue weighted by molar-refractivity contribution is 0.00964. The van der Waals surface area contributed by atoms with Crippen molar-refractivity contribution in [2.75, 3.05) is 13.2 Å². The van der Waals surface area contributed by atoms with Crippen LogP contribution in [0, 0.1) is 5.41 Å². The molecule has 28 heavy (non-hydrogen) atoms. The van der Waals surface area contributed by atoms with Gasteiger partial charge in [0.1, 0.15) is 11.4 Å². The Labute approximate surface area is 167 Å². The number of ether oxygens (including phenoxy) is 2. The van der Waals surface area contributed by atoms with Crippen LogP contribution in [0.25, 0.3) is 0 Å². The fraction of sp³-hybridized carbons (Fsp3) is 0.458. The van der Waals surface area contributed by atoms with Crippen LogP contribution in [0.5, 0.6) is 5.75 Å². The SMILES string of the molecule is CCCCOc1ccc(C(O)(c2ccc(C(=O)OCC)cc2)C2(C)CC2)cc1. The number of carbonyl (C=O) groups is 1. The first-order valence-corrected chi connectivity index (χ1v) is 10.2. The molecule has 0 aromatic heterocycles. The summed E-state index contributed by atoms with van der Waals surface area (Å²) in [5.41, 5.74) is 0.804. The first kappa shape index (κ1) is 20.4. The predicted octanol–water partition coefficient (Wildman–Crippen LogP) is 5.08. The third-order valence-electron chi connectivity index (χ3n) is 5.73. The third kappa shape index (κ3) is 3.93. The van der Waals surface area contributed by atoms with Crippen LogP contribution < -0.4 is 4.74 Å². The maximum absolute atomic E-state index is 11.9. The van der Waals surface area contributed by atoms with Crippen LogP contribution >= 0.6 is 0 Å². The van der Waals surface area contributed by atoms with Crippen LogP contribution in [0.4, 0.5) is 0 Å². The second kappa shape index (κ2) is 8.36. The molecule has 1 aliphatic rings. The molecule has 2 aromatic rings. The topological polar surface area (TPSA) is 55.8 Å². The van der Waals surface area contributed by atoms with Crippen LogP contribution in [-0.2, 0) is 10.3 Å². The molecule has 0 spiro atoms. The van der Waals surface area contributed by atoms with E-state index in [1.807, 2.05) is 36.4 Å². The second-order valence-electron chi connectivity index (χ2n) is 7.80. The summed E-state index contributed by atoms with van der Waals surface area (Å²) in [5.74, 6) is 0.474. The normalized spacial score (nSPS) is 16.9. The number of carbonyl (C=O) groups excluding carboxylic acids is 1. The highest BCUT2D eigenvalue weighted by Gasteiger charge is 2.56. The number of hydrogen-bond donors (Lipinski definition) is 1. The molecule has 2 aromatic carbocycles. The van der Waals surface area contributed by atoms with Gasteiger partial charge in [-0.1, -0.05) is 44.5 Å². The van der Waals surface area contributed by atoms with E-state index >= 15 is 0 Å². The van der Waals surface area contributed by atoms with Gasteiger partial charge in [-0.05, 0) is 61.6 Å². The molecule has 3 rings (SSSR count). The predicted molar refractivity (Wildman–Crippen MR) is 110 cm³/mol. The Kier molecular flexibility index (Phi) is 6.09. The molecule has 4 heteroatoms. The monoisotopic (exact) mass is 382 g/mol. The molecule has 0 aliphatic heterocycles. The van der Waals surface area contributed by atoms with E-state index in [0.717, 1.165) is 42.6 Å². The summed E-state index contributed by atoms with van der Waals surface area (Å²) in [6, 6.07) is 14.9.